The van der Waals surface area contributed by atoms with Crippen molar-refractivity contribution in [1.29, 1.82) is 0 Å². The van der Waals surface area contributed by atoms with Gasteiger partial charge in [-0.3, -0.25) is 9.59 Å². The summed E-state index contributed by atoms with van der Waals surface area (Å²) in [6, 6.07) is 10.7. The van der Waals surface area contributed by atoms with Gasteiger partial charge in [0.1, 0.15) is 16.9 Å². The highest BCUT2D eigenvalue weighted by Gasteiger charge is 2.49. The molecule has 3 heterocycles. The number of rotatable bonds is 9. The van der Waals surface area contributed by atoms with E-state index in [0.717, 1.165) is 23.3 Å². The molecule has 230 valence electrons. The van der Waals surface area contributed by atoms with Gasteiger partial charge in [0.25, 0.3) is 0 Å². The van der Waals surface area contributed by atoms with Gasteiger partial charge >= 0.3 is 6.09 Å². The molecule has 42 heavy (non-hydrogen) atoms. The minimum absolute atomic E-state index is 0.0129. The fourth-order valence-electron chi connectivity index (χ4n) is 5.01. The molecule has 11 nitrogen and oxygen atoms in total. The molecule has 2 atom stereocenters. The van der Waals surface area contributed by atoms with Crippen molar-refractivity contribution in [2.75, 3.05) is 24.2 Å². The summed E-state index contributed by atoms with van der Waals surface area (Å²) in [6.45, 7) is 5.50. The van der Waals surface area contributed by atoms with E-state index in [4.69, 9.17) is 14.3 Å². The summed E-state index contributed by atoms with van der Waals surface area (Å²) in [4.78, 5) is 44.1. The lowest BCUT2D eigenvalue weighted by molar-refractivity contribution is -0.200. The van der Waals surface area contributed by atoms with Gasteiger partial charge in [0.05, 0.1) is 12.2 Å². The molecule has 13 heteroatoms. The summed E-state index contributed by atoms with van der Waals surface area (Å²) < 4.78 is 36.3. The van der Waals surface area contributed by atoms with E-state index in [2.05, 4.69) is 16.1 Å². The molecule has 0 radical (unpaired) electrons. The zero-order valence-electron chi connectivity index (χ0n) is 24.2. The van der Waals surface area contributed by atoms with Crippen LogP contribution in [0.5, 0.6) is 0 Å². The second-order valence-electron chi connectivity index (χ2n) is 11.5. The molecule has 1 aromatic carbocycles. The molecule has 2 aliphatic rings. The van der Waals surface area contributed by atoms with Crippen molar-refractivity contribution in [3.8, 4) is 10.4 Å². The van der Waals surface area contributed by atoms with Gasteiger partial charge in [0.15, 0.2) is 16.1 Å². The number of hydroxylamine groups is 1. The van der Waals surface area contributed by atoms with Crippen LogP contribution in [0, 0.1) is 0 Å². The Morgan fingerprint density at radius 1 is 1.07 bits per heavy atom. The lowest BCUT2D eigenvalue weighted by Crippen LogP contribution is -2.45. The van der Waals surface area contributed by atoms with Crippen LogP contribution >= 0.6 is 11.3 Å². The van der Waals surface area contributed by atoms with Crippen LogP contribution in [-0.4, -0.2) is 57.1 Å². The van der Waals surface area contributed by atoms with Crippen molar-refractivity contribution >= 4 is 44.8 Å². The van der Waals surface area contributed by atoms with Crippen molar-refractivity contribution in [3.63, 3.8) is 0 Å². The smallest absolute Gasteiger partial charge is 0.408 e. The number of nitrogens with one attached hydrogen (secondary N) is 3. The number of benzene rings is 1. The van der Waals surface area contributed by atoms with Crippen LogP contribution in [0.4, 0.5) is 10.5 Å². The van der Waals surface area contributed by atoms with Crippen LogP contribution in [-0.2, 0) is 38.5 Å². The summed E-state index contributed by atoms with van der Waals surface area (Å²) in [5, 5.41) is 5.17. The fourth-order valence-corrected chi connectivity index (χ4v) is 8.78. The molecule has 0 spiro atoms. The van der Waals surface area contributed by atoms with Gasteiger partial charge in [-0.25, -0.2) is 23.5 Å². The van der Waals surface area contributed by atoms with Crippen molar-refractivity contribution < 1.29 is 37.1 Å². The molecule has 0 bridgehead atoms. The Labute approximate surface area is 250 Å². The summed E-state index contributed by atoms with van der Waals surface area (Å²) in [7, 11) is -3.63. The van der Waals surface area contributed by atoms with E-state index in [-0.39, 0.29) is 18.7 Å². The second-order valence-corrected chi connectivity index (χ2v) is 15.0. The third-order valence-electron chi connectivity index (χ3n) is 7.01. The largest absolute Gasteiger partial charge is 0.444 e. The van der Waals surface area contributed by atoms with Gasteiger partial charge in [-0.15, -0.1) is 11.3 Å². The maximum atomic E-state index is 13.5. The predicted octanol–water partition coefficient (Wildman–Crippen LogP) is 4.64. The molecule has 4 rings (SSSR count). The minimum Gasteiger partial charge on any atom is -0.444 e. The van der Waals surface area contributed by atoms with Crippen LogP contribution in [0.15, 0.2) is 36.4 Å². The van der Waals surface area contributed by atoms with Crippen LogP contribution in [0.25, 0.3) is 10.4 Å². The molecule has 3 amide bonds. The van der Waals surface area contributed by atoms with Gasteiger partial charge in [-0.1, -0.05) is 18.6 Å². The summed E-state index contributed by atoms with van der Waals surface area (Å²) in [5.74, 6) is -0.919. The average Bonchev–Trinajstić information content (AvgIpc) is 3.43. The second kappa shape index (κ2) is 13.5. The number of anilines is 1. The number of amides is 3. The maximum Gasteiger partial charge on any atom is 0.408 e. The molecule has 0 saturated carbocycles. The Hall–Kier alpha value is -3.00. The molecule has 2 fully saturated rings. The Balaban J connectivity index is 1.46. The lowest BCUT2D eigenvalue weighted by atomic mass is 9.94. The van der Waals surface area contributed by atoms with Crippen molar-refractivity contribution in [2.24, 2.45) is 0 Å². The summed E-state index contributed by atoms with van der Waals surface area (Å²) in [5.41, 5.74) is 3.04. The third kappa shape index (κ3) is 8.30. The molecular weight excluding hydrogens is 582 g/mol. The van der Waals surface area contributed by atoms with Gasteiger partial charge in [-0.2, -0.15) is 0 Å². The van der Waals surface area contributed by atoms with Crippen molar-refractivity contribution in [1.82, 2.24) is 10.8 Å². The van der Waals surface area contributed by atoms with Crippen LogP contribution < -0.4 is 16.1 Å². The van der Waals surface area contributed by atoms with Crippen molar-refractivity contribution in [3.05, 3.63) is 41.3 Å². The maximum absolute atomic E-state index is 13.5. The van der Waals surface area contributed by atoms with Crippen molar-refractivity contribution in [2.45, 2.75) is 82.4 Å². The molecule has 2 saturated heterocycles. The normalized spacial score (nSPS) is 22.1. The first kappa shape index (κ1) is 31.9. The number of thiophene rings is 1. The van der Waals surface area contributed by atoms with Gasteiger partial charge in [0, 0.05) is 28.5 Å². The Morgan fingerprint density at radius 2 is 1.88 bits per heavy atom. The van der Waals surface area contributed by atoms with E-state index >= 15 is 0 Å². The van der Waals surface area contributed by atoms with Crippen LogP contribution in [0.3, 0.4) is 0 Å². The third-order valence-corrected chi connectivity index (χ3v) is 11.1. The molecule has 2 aliphatic heterocycles. The first-order valence-electron chi connectivity index (χ1n) is 14.1. The van der Waals surface area contributed by atoms with E-state index in [1.807, 2.05) is 12.1 Å². The zero-order valence-corrected chi connectivity index (χ0v) is 25.8. The standard InChI is InChI=1S/C29H39N3O8S2/c1-28(2,3)39-27(35)30-19-25(34)31-21-10-8-9-20(17-21)22-12-13-23(41-22)29(14-5-7-16-42(29,36)37)18-24(33)32-40-26-11-4-6-15-38-26/h8-10,12-13,17,26H,4-7,11,14-16,18-19H2,1-3H3,(H,30,35)(H,31,34)(H,32,33)/t26?,29-/m0/s1. The van der Waals surface area contributed by atoms with Gasteiger partial charge < -0.3 is 20.1 Å². The number of ether oxygens (including phenoxy) is 2. The summed E-state index contributed by atoms with van der Waals surface area (Å²) in [6.07, 6.45) is 2.65. The fraction of sp³-hybridized carbons (Fsp3) is 0.552. The monoisotopic (exact) mass is 621 g/mol. The minimum atomic E-state index is -3.63. The highest BCUT2D eigenvalue weighted by molar-refractivity contribution is 7.92. The number of hydrogen-bond acceptors (Lipinski definition) is 9. The highest BCUT2D eigenvalue weighted by atomic mass is 32.2. The van der Waals surface area contributed by atoms with E-state index in [1.165, 1.54) is 11.3 Å². The number of hydrogen-bond donors (Lipinski definition) is 3. The number of carbonyl (C=O) groups excluding carboxylic acids is 3. The lowest BCUT2D eigenvalue weighted by Gasteiger charge is -2.35. The SMILES string of the molecule is CC(C)(C)OC(=O)NCC(=O)Nc1cccc(-c2ccc([C@@]3(CC(=O)NOC4CCCCO4)CCCCS3(=O)=O)s2)c1. The van der Waals surface area contributed by atoms with Gasteiger partial charge in [-0.05, 0) is 76.3 Å². The number of carbonyl (C=O) groups is 3. The molecule has 2 aromatic rings. The zero-order chi connectivity index (χ0) is 30.4. The molecule has 3 N–H and O–H groups in total. The molecule has 0 aliphatic carbocycles. The quantitative estimate of drug-likeness (QED) is 0.343. The highest BCUT2D eigenvalue weighted by Crippen LogP contribution is 2.47. The first-order valence-corrected chi connectivity index (χ1v) is 16.6. The van der Waals surface area contributed by atoms with E-state index in [1.54, 1.807) is 45.0 Å². The molecular formula is C29H39N3O8S2. The average molecular weight is 622 g/mol. The first-order chi connectivity index (χ1) is 19.9. The number of alkyl carbamates (subject to hydrolysis) is 1. The van der Waals surface area contributed by atoms with Gasteiger partial charge in [0.2, 0.25) is 11.8 Å². The molecule has 1 aromatic heterocycles. The van der Waals surface area contributed by atoms with Crippen LogP contribution in [0.1, 0.15) is 70.6 Å². The Morgan fingerprint density at radius 3 is 2.60 bits per heavy atom. The van der Waals surface area contributed by atoms with E-state index in [0.29, 0.717) is 42.9 Å². The predicted molar refractivity (Wildman–Crippen MR) is 159 cm³/mol. The van der Waals surface area contributed by atoms with E-state index < -0.39 is 44.4 Å². The summed E-state index contributed by atoms with van der Waals surface area (Å²) >= 11 is 1.32. The molecule has 1 unspecified atom stereocenters. The number of sulfone groups is 1. The van der Waals surface area contributed by atoms with E-state index in [9.17, 15) is 22.8 Å². The Kier molecular flexibility index (Phi) is 10.3. The topological polar surface area (TPSA) is 149 Å². The van der Waals surface area contributed by atoms with Crippen LogP contribution in [0.2, 0.25) is 0 Å². The Bertz CT molecular complexity index is 1380.